The van der Waals surface area contributed by atoms with E-state index in [1.54, 1.807) is 18.2 Å². The maximum atomic E-state index is 12.6. The van der Waals surface area contributed by atoms with Crippen molar-refractivity contribution in [3.8, 4) is 0 Å². The van der Waals surface area contributed by atoms with Crippen molar-refractivity contribution < 1.29 is 18.0 Å². The molecule has 1 saturated heterocycles. The largest absolute Gasteiger partial charge is 0.391 e. The number of benzene rings is 1. The van der Waals surface area contributed by atoms with Gasteiger partial charge in [0.25, 0.3) is 0 Å². The molecule has 0 aromatic heterocycles. The molecule has 1 aliphatic rings. The number of hydrogen-bond donors (Lipinski definition) is 0. The van der Waals surface area contributed by atoms with Crippen LogP contribution in [0.4, 0.5) is 18.9 Å². The summed E-state index contributed by atoms with van der Waals surface area (Å²) in [6, 6.07) is 5.19. The van der Waals surface area contributed by atoms with Crippen molar-refractivity contribution in [2.24, 2.45) is 5.92 Å². The standard InChI is InChI=1S/C13H13BrF3NO/c14-11-2-1-9(8-19)12(7-11)18-5-3-10(4-6-18)13(15,16)17/h1-2,7-8,10H,3-6H2. The lowest BCUT2D eigenvalue weighted by Gasteiger charge is -2.35. The Morgan fingerprint density at radius 3 is 2.42 bits per heavy atom. The predicted octanol–water partition coefficient (Wildman–Crippen LogP) is 4.04. The fraction of sp³-hybridized carbons (Fsp3) is 0.462. The molecular weight excluding hydrogens is 323 g/mol. The highest BCUT2D eigenvalue weighted by Crippen LogP contribution is 2.36. The van der Waals surface area contributed by atoms with Crippen molar-refractivity contribution in [1.29, 1.82) is 0 Å². The van der Waals surface area contributed by atoms with Crippen molar-refractivity contribution in [1.82, 2.24) is 0 Å². The van der Waals surface area contributed by atoms with Crippen LogP contribution in [0.3, 0.4) is 0 Å². The molecule has 1 aromatic carbocycles. The third-order valence-electron chi connectivity index (χ3n) is 3.42. The zero-order valence-corrected chi connectivity index (χ0v) is 11.7. The third kappa shape index (κ3) is 3.29. The van der Waals surface area contributed by atoms with E-state index in [-0.39, 0.29) is 12.8 Å². The monoisotopic (exact) mass is 335 g/mol. The Hall–Kier alpha value is -1.04. The molecule has 19 heavy (non-hydrogen) atoms. The molecule has 0 amide bonds. The summed E-state index contributed by atoms with van der Waals surface area (Å²) in [6.07, 6.45) is -3.23. The van der Waals surface area contributed by atoms with Gasteiger partial charge in [-0.15, -0.1) is 0 Å². The maximum Gasteiger partial charge on any atom is 0.391 e. The van der Waals surface area contributed by atoms with E-state index < -0.39 is 12.1 Å². The Morgan fingerprint density at radius 2 is 1.89 bits per heavy atom. The Morgan fingerprint density at radius 1 is 1.26 bits per heavy atom. The number of nitrogens with zero attached hydrogens (tertiary/aromatic N) is 1. The van der Waals surface area contributed by atoms with Gasteiger partial charge in [-0.05, 0) is 31.0 Å². The van der Waals surface area contributed by atoms with E-state index in [0.29, 0.717) is 24.3 Å². The number of hydrogen-bond acceptors (Lipinski definition) is 2. The Labute approximate surface area is 117 Å². The maximum absolute atomic E-state index is 12.6. The van der Waals surface area contributed by atoms with Gasteiger partial charge in [-0.2, -0.15) is 13.2 Å². The number of aldehydes is 1. The minimum Gasteiger partial charge on any atom is -0.371 e. The van der Waals surface area contributed by atoms with Crippen LogP contribution in [-0.2, 0) is 0 Å². The molecule has 2 rings (SSSR count). The number of carbonyl (C=O) groups is 1. The topological polar surface area (TPSA) is 20.3 Å². The molecule has 0 aliphatic carbocycles. The van der Waals surface area contributed by atoms with Crippen LogP contribution in [0, 0.1) is 5.92 Å². The summed E-state index contributed by atoms with van der Waals surface area (Å²) in [6.45, 7) is 0.642. The average molecular weight is 336 g/mol. The van der Waals surface area contributed by atoms with Crippen LogP contribution in [0.15, 0.2) is 22.7 Å². The Bertz CT molecular complexity index is 467. The smallest absolute Gasteiger partial charge is 0.371 e. The van der Waals surface area contributed by atoms with E-state index in [2.05, 4.69) is 15.9 Å². The van der Waals surface area contributed by atoms with Gasteiger partial charge in [0.05, 0.1) is 5.92 Å². The van der Waals surface area contributed by atoms with Gasteiger partial charge in [0.2, 0.25) is 0 Å². The number of anilines is 1. The summed E-state index contributed by atoms with van der Waals surface area (Å²) in [5.74, 6) is -1.23. The summed E-state index contributed by atoms with van der Waals surface area (Å²) in [7, 11) is 0. The molecule has 1 aromatic rings. The molecule has 1 fully saturated rings. The van der Waals surface area contributed by atoms with Gasteiger partial charge < -0.3 is 4.90 Å². The first-order chi connectivity index (χ1) is 8.91. The van der Waals surface area contributed by atoms with Crippen LogP contribution in [0.5, 0.6) is 0 Å². The van der Waals surface area contributed by atoms with Gasteiger partial charge in [-0.1, -0.05) is 15.9 Å². The van der Waals surface area contributed by atoms with Crippen molar-refractivity contribution >= 4 is 27.9 Å². The van der Waals surface area contributed by atoms with E-state index in [4.69, 9.17) is 0 Å². The van der Waals surface area contributed by atoms with E-state index in [0.717, 1.165) is 10.8 Å². The van der Waals surface area contributed by atoms with Crippen LogP contribution in [0.25, 0.3) is 0 Å². The van der Waals surface area contributed by atoms with Gasteiger partial charge in [0, 0.05) is 28.8 Å². The lowest BCUT2D eigenvalue weighted by Crippen LogP contribution is -2.39. The van der Waals surface area contributed by atoms with Gasteiger partial charge >= 0.3 is 6.18 Å². The number of halogens is 4. The van der Waals surface area contributed by atoms with Crippen LogP contribution in [-0.4, -0.2) is 25.6 Å². The Kier molecular flexibility index (Phi) is 4.18. The second-order valence-corrected chi connectivity index (χ2v) is 5.54. The first kappa shape index (κ1) is 14.4. The summed E-state index contributed by atoms with van der Waals surface area (Å²) in [5, 5.41) is 0. The van der Waals surface area contributed by atoms with E-state index in [1.807, 2.05) is 4.90 Å². The average Bonchev–Trinajstić information content (AvgIpc) is 2.38. The van der Waals surface area contributed by atoms with Gasteiger partial charge in [0.1, 0.15) is 0 Å². The molecular formula is C13H13BrF3NO. The quantitative estimate of drug-likeness (QED) is 0.760. The van der Waals surface area contributed by atoms with Crippen molar-refractivity contribution in [3.05, 3.63) is 28.2 Å². The summed E-state index contributed by atoms with van der Waals surface area (Å²) >= 11 is 3.31. The number of piperidine rings is 1. The van der Waals surface area contributed by atoms with Crippen LogP contribution >= 0.6 is 15.9 Å². The second-order valence-electron chi connectivity index (χ2n) is 4.62. The third-order valence-corrected chi connectivity index (χ3v) is 3.91. The first-order valence-corrected chi connectivity index (χ1v) is 6.77. The highest BCUT2D eigenvalue weighted by Gasteiger charge is 2.41. The molecule has 104 valence electrons. The fourth-order valence-corrected chi connectivity index (χ4v) is 2.69. The van der Waals surface area contributed by atoms with Crippen molar-refractivity contribution in [2.45, 2.75) is 19.0 Å². The zero-order valence-electron chi connectivity index (χ0n) is 10.1. The molecule has 0 saturated carbocycles. The molecule has 1 aliphatic heterocycles. The summed E-state index contributed by atoms with van der Waals surface area (Å²) < 4.78 is 38.6. The zero-order chi connectivity index (χ0) is 14.0. The molecule has 1 heterocycles. The molecule has 6 heteroatoms. The minimum atomic E-state index is -4.11. The summed E-state index contributed by atoms with van der Waals surface area (Å²) in [4.78, 5) is 12.8. The van der Waals surface area contributed by atoms with E-state index in [1.165, 1.54) is 0 Å². The Balaban J connectivity index is 2.13. The second kappa shape index (κ2) is 5.53. The number of rotatable bonds is 2. The SMILES string of the molecule is O=Cc1ccc(Br)cc1N1CCC(C(F)(F)F)CC1. The normalized spacial score (nSPS) is 17.6. The lowest BCUT2D eigenvalue weighted by molar-refractivity contribution is -0.179. The molecule has 0 atom stereocenters. The van der Waals surface area contributed by atoms with Crippen molar-refractivity contribution in [2.75, 3.05) is 18.0 Å². The lowest BCUT2D eigenvalue weighted by atomic mass is 9.95. The van der Waals surface area contributed by atoms with Gasteiger partial charge in [-0.25, -0.2) is 0 Å². The number of carbonyl (C=O) groups excluding carboxylic acids is 1. The van der Waals surface area contributed by atoms with Crippen molar-refractivity contribution in [3.63, 3.8) is 0 Å². The van der Waals surface area contributed by atoms with Crippen LogP contribution in [0.2, 0.25) is 0 Å². The molecule has 0 N–H and O–H groups in total. The molecule has 0 unspecified atom stereocenters. The van der Waals surface area contributed by atoms with E-state index >= 15 is 0 Å². The first-order valence-electron chi connectivity index (χ1n) is 5.98. The van der Waals surface area contributed by atoms with Gasteiger partial charge in [0.15, 0.2) is 6.29 Å². The molecule has 2 nitrogen and oxygen atoms in total. The van der Waals surface area contributed by atoms with Crippen LogP contribution in [0.1, 0.15) is 23.2 Å². The van der Waals surface area contributed by atoms with Gasteiger partial charge in [-0.3, -0.25) is 4.79 Å². The predicted molar refractivity (Wildman–Crippen MR) is 70.5 cm³/mol. The minimum absolute atomic E-state index is 0.0777. The molecule has 0 radical (unpaired) electrons. The van der Waals surface area contributed by atoms with E-state index in [9.17, 15) is 18.0 Å². The molecule has 0 spiro atoms. The van der Waals surface area contributed by atoms with Crippen LogP contribution < -0.4 is 4.90 Å². The summed E-state index contributed by atoms with van der Waals surface area (Å²) in [5.41, 5.74) is 1.21. The molecule has 0 bridgehead atoms. The highest BCUT2D eigenvalue weighted by atomic mass is 79.9. The number of alkyl halides is 3. The fourth-order valence-electron chi connectivity index (χ4n) is 2.34. The highest BCUT2D eigenvalue weighted by molar-refractivity contribution is 9.10.